The molecule has 1 atom stereocenters. The summed E-state index contributed by atoms with van der Waals surface area (Å²) in [4.78, 5) is 0. The van der Waals surface area contributed by atoms with Crippen LogP contribution in [0.1, 0.15) is 76.3 Å². The molecule has 2 aromatic rings. The van der Waals surface area contributed by atoms with E-state index in [4.69, 9.17) is 0 Å². The summed E-state index contributed by atoms with van der Waals surface area (Å²) in [6.07, 6.45) is 1.01. The molecule has 2 rings (SSSR count). The molecule has 2 aromatic carbocycles. The molecular weight excluding hydrogens is 307 g/mol. The smallest absolute Gasteiger partial charge is 0.129 e. The van der Waals surface area contributed by atoms with Gasteiger partial charge in [0.1, 0.15) is 5.82 Å². The van der Waals surface area contributed by atoms with Gasteiger partial charge >= 0.3 is 0 Å². The molecule has 0 aliphatic carbocycles. The minimum absolute atomic E-state index is 0.0348. The van der Waals surface area contributed by atoms with Gasteiger partial charge in [-0.15, -0.1) is 0 Å². The van der Waals surface area contributed by atoms with Gasteiger partial charge in [0.05, 0.1) is 0 Å². The van der Waals surface area contributed by atoms with Gasteiger partial charge in [0.25, 0.3) is 0 Å². The number of halogens is 1. The molecule has 0 aliphatic heterocycles. The van der Waals surface area contributed by atoms with Crippen LogP contribution in [0, 0.1) is 61.2 Å². The van der Waals surface area contributed by atoms with E-state index in [1.54, 1.807) is 0 Å². The van der Waals surface area contributed by atoms with Crippen molar-refractivity contribution in [3.8, 4) is 11.1 Å². The SMILES string of the molecule is CCC(C)c1c(C)c(F)c(C)c(C)c1-c1c(C)c(C)c(C)c(C)c1C. The largest absolute Gasteiger partial charge is 0.206 e. The maximum Gasteiger partial charge on any atom is 0.129 e. The summed E-state index contributed by atoms with van der Waals surface area (Å²) in [5.74, 6) is 0.303. The van der Waals surface area contributed by atoms with Crippen LogP contribution < -0.4 is 0 Å². The Hall–Kier alpha value is -1.63. The van der Waals surface area contributed by atoms with Gasteiger partial charge in [-0.25, -0.2) is 4.39 Å². The van der Waals surface area contributed by atoms with Gasteiger partial charge in [-0.1, -0.05) is 13.8 Å². The lowest BCUT2D eigenvalue weighted by atomic mass is 9.77. The molecule has 1 unspecified atom stereocenters. The zero-order valence-electron chi connectivity index (χ0n) is 17.7. The van der Waals surface area contributed by atoms with Crippen LogP contribution in [-0.4, -0.2) is 0 Å². The van der Waals surface area contributed by atoms with Crippen LogP contribution in [0.15, 0.2) is 0 Å². The zero-order chi connectivity index (χ0) is 19.2. The van der Waals surface area contributed by atoms with Gasteiger partial charge in [0.2, 0.25) is 0 Å². The van der Waals surface area contributed by atoms with Gasteiger partial charge in [-0.2, -0.15) is 0 Å². The monoisotopic (exact) mass is 340 g/mol. The summed E-state index contributed by atoms with van der Waals surface area (Å²) in [5.41, 5.74) is 13.2. The first-order valence-electron chi connectivity index (χ1n) is 9.42. The van der Waals surface area contributed by atoms with Crippen molar-refractivity contribution in [2.45, 2.75) is 81.6 Å². The Bertz CT molecular complexity index is 811. The minimum Gasteiger partial charge on any atom is -0.206 e. The highest BCUT2D eigenvalue weighted by Crippen LogP contribution is 2.43. The first-order chi connectivity index (χ1) is 11.6. The van der Waals surface area contributed by atoms with E-state index in [1.165, 1.54) is 44.5 Å². The van der Waals surface area contributed by atoms with E-state index in [0.29, 0.717) is 5.92 Å². The third-order valence-corrected chi connectivity index (χ3v) is 6.62. The maximum atomic E-state index is 14.9. The molecule has 0 amide bonds. The molecule has 136 valence electrons. The van der Waals surface area contributed by atoms with Crippen LogP contribution in [0.4, 0.5) is 4.39 Å². The lowest BCUT2D eigenvalue weighted by Gasteiger charge is -2.27. The average Bonchev–Trinajstić information content (AvgIpc) is 2.60. The molecular formula is C24H33F. The third kappa shape index (κ3) is 2.92. The second-order valence-corrected chi connectivity index (χ2v) is 7.79. The second kappa shape index (κ2) is 6.94. The lowest BCUT2D eigenvalue weighted by molar-refractivity contribution is 0.598. The van der Waals surface area contributed by atoms with Crippen molar-refractivity contribution in [2.24, 2.45) is 0 Å². The van der Waals surface area contributed by atoms with Crippen molar-refractivity contribution in [1.29, 1.82) is 0 Å². The van der Waals surface area contributed by atoms with Crippen LogP contribution in [0.5, 0.6) is 0 Å². The Morgan fingerprint density at radius 1 is 0.600 bits per heavy atom. The van der Waals surface area contributed by atoms with Crippen molar-refractivity contribution in [3.05, 3.63) is 55.9 Å². The molecule has 0 radical (unpaired) electrons. The van der Waals surface area contributed by atoms with Gasteiger partial charge in [0, 0.05) is 0 Å². The van der Waals surface area contributed by atoms with Crippen LogP contribution in [0.25, 0.3) is 11.1 Å². The Kier molecular flexibility index (Phi) is 5.47. The molecule has 0 heterocycles. The van der Waals surface area contributed by atoms with E-state index in [-0.39, 0.29) is 5.82 Å². The molecule has 1 heteroatoms. The predicted octanol–water partition coefficient (Wildman–Crippen LogP) is 7.47. The first kappa shape index (κ1) is 19.7. The fourth-order valence-corrected chi connectivity index (χ4v) is 4.16. The minimum atomic E-state index is -0.0348. The van der Waals surface area contributed by atoms with Crippen molar-refractivity contribution >= 4 is 0 Å². The Labute approximate surface area is 153 Å². The van der Waals surface area contributed by atoms with Crippen LogP contribution in [0.2, 0.25) is 0 Å². The molecule has 0 saturated carbocycles. The van der Waals surface area contributed by atoms with E-state index in [1.807, 2.05) is 13.8 Å². The maximum absolute atomic E-state index is 14.9. The summed E-state index contributed by atoms with van der Waals surface area (Å²) in [6, 6.07) is 0. The molecule has 25 heavy (non-hydrogen) atoms. The molecule has 0 aromatic heterocycles. The highest BCUT2D eigenvalue weighted by atomic mass is 19.1. The number of hydrogen-bond donors (Lipinski definition) is 0. The van der Waals surface area contributed by atoms with Crippen molar-refractivity contribution in [3.63, 3.8) is 0 Å². The van der Waals surface area contributed by atoms with E-state index in [0.717, 1.165) is 23.1 Å². The van der Waals surface area contributed by atoms with Crippen LogP contribution in [-0.2, 0) is 0 Å². The summed E-state index contributed by atoms with van der Waals surface area (Å²) < 4.78 is 14.9. The molecule has 0 nitrogen and oxygen atoms in total. The summed E-state index contributed by atoms with van der Waals surface area (Å²) in [7, 11) is 0. The Balaban J connectivity index is 3.09. The summed E-state index contributed by atoms with van der Waals surface area (Å²) in [6.45, 7) is 21.4. The van der Waals surface area contributed by atoms with E-state index >= 15 is 0 Å². The van der Waals surface area contributed by atoms with Gasteiger partial charge in [0.15, 0.2) is 0 Å². The van der Waals surface area contributed by atoms with Crippen LogP contribution >= 0.6 is 0 Å². The van der Waals surface area contributed by atoms with Gasteiger partial charge in [-0.3, -0.25) is 0 Å². The van der Waals surface area contributed by atoms with E-state index in [9.17, 15) is 4.39 Å². The predicted molar refractivity (Wildman–Crippen MR) is 108 cm³/mol. The number of hydrogen-bond acceptors (Lipinski definition) is 0. The van der Waals surface area contributed by atoms with Crippen LogP contribution in [0.3, 0.4) is 0 Å². The molecule has 0 saturated heterocycles. The lowest BCUT2D eigenvalue weighted by Crippen LogP contribution is -2.09. The average molecular weight is 341 g/mol. The molecule has 0 aliphatic rings. The fourth-order valence-electron chi connectivity index (χ4n) is 4.16. The summed E-state index contributed by atoms with van der Waals surface area (Å²) in [5, 5.41) is 0. The standard InChI is InChI=1S/C24H33F/c1-11-12(2)21-20(10)24(25)19(9)18(8)23(21)22-16(6)14(4)13(3)15(5)17(22)7/h12H,11H2,1-10H3. The highest BCUT2D eigenvalue weighted by Gasteiger charge is 2.25. The molecule has 0 spiro atoms. The van der Waals surface area contributed by atoms with Crippen molar-refractivity contribution in [1.82, 2.24) is 0 Å². The Morgan fingerprint density at radius 2 is 1.00 bits per heavy atom. The number of benzene rings is 2. The molecule has 0 fully saturated rings. The van der Waals surface area contributed by atoms with Crippen molar-refractivity contribution < 1.29 is 4.39 Å². The van der Waals surface area contributed by atoms with Crippen molar-refractivity contribution in [2.75, 3.05) is 0 Å². The van der Waals surface area contributed by atoms with E-state index in [2.05, 4.69) is 55.4 Å². The molecule has 0 bridgehead atoms. The topological polar surface area (TPSA) is 0 Å². The Morgan fingerprint density at radius 3 is 1.44 bits per heavy atom. The number of rotatable bonds is 3. The second-order valence-electron chi connectivity index (χ2n) is 7.79. The quantitative estimate of drug-likeness (QED) is 0.543. The molecule has 0 N–H and O–H groups in total. The first-order valence-corrected chi connectivity index (χ1v) is 9.42. The summed E-state index contributed by atoms with van der Waals surface area (Å²) >= 11 is 0. The highest BCUT2D eigenvalue weighted by molar-refractivity contribution is 5.81. The fraction of sp³-hybridized carbons (Fsp3) is 0.500. The zero-order valence-corrected chi connectivity index (χ0v) is 17.7. The van der Waals surface area contributed by atoms with Gasteiger partial charge in [-0.05, 0) is 129 Å². The van der Waals surface area contributed by atoms with Gasteiger partial charge < -0.3 is 0 Å². The normalized spacial score (nSPS) is 12.6. The van der Waals surface area contributed by atoms with E-state index < -0.39 is 0 Å². The third-order valence-electron chi connectivity index (χ3n) is 6.62.